The molecular weight excluding hydrogens is 482 g/mol. The minimum Gasteiger partial charge on any atom is -0.479 e. The van der Waals surface area contributed by atoms with Crippen molar-refractivity contribution in [1.82, 2.24) is 14.8 Å². The van der Waals surface area contributed by atoms with Gasteiger partial charge in [-0.2, -0.15) is 0 Å². The van der Waals surface area contributed by atoms with Crippen LogP contribution in [0.4, 0.5) is 0 Å². The van der Waals surface area contributed by atoms with Gasteiger partial charge in [-0.25, -0.2) is 4.79 Å². The monoisotopic (exact) mass is 519 g/mol. The van der Waals surface area contributed by atoms with E-state index in [9.17, 15) is 24.3 Å². The predicted molar refractivity (Wildman–Crippen MR) is 142 cm³/mol. The standard InChI is InChI=1S/C30H37N3O5/c1-7-16-32-26(35)22-23(27(32)36)30(28(37)38,17-18(2)3)33(24(22)21-10-8-9-15-31-21)25(34)19-11-13-20(14-12-19)29(4,5)6/h8-15,18,22-24H,7,16-17H2,1-6H3,(H,37,38)/t22-,23-,24-,30-/m0/s1. The largest absolute Gasteiger partial charge is 0.479 e. The van der Waals surface area contributed by atoms with Crippen LogP contribution in [-0.4, -0.2) is 55.7 Å². The summed E-state index contributed by atoms with van der Waals surface area (Å²) < 4.78 is 0. The van der Waals surface area contributed by atoms with Crippen molar-refractivity contribution >= 4 is 23.7 Å². The first kappa shape index (κ1) is 27.5. The lowest BCUT2D eigenvalue weighted by molar-refractivity contribution is -0.157. The quantitative estimate of drug-likeness (QED) is 0.541. The van der Waals surface area contributed by atoms with Crippen LogP contribution in [-0.2, 0) is 19.8 Å². The van der Waals surface area contributed by atoms with Crippen LogP contribution in [0.3, 0.4) is 0 Å². The highest BCUT2D eigenvalue weighted by atomic mass is 16.4. The van der Waals surface area contributed by atoms with Crippen molar-refractivity contribution in [3.63, 3.8) is 0 Å². The molecule has 2 aromatic rings. The Kier molecular flexibility index (Phi) is 7.21. The van der Waals surface area contributed by atoms with Gasteiger partial charge in [0.1, 0.15) is 0 Å². The third-order valence-electron chi connectivity index (χ3n) is 7.75. The summed E-state index contributed by atoms with van der Waals surface area (Å²) in [5.41, 5.74) is -0.309. The molecule has 4 atom stereocenters. The number of pyridine rings is 1. The van der Waals surface area contributed by atoms with E-state index in [0.717, 1.165) is 5.56 Å². The van der Waals surface area contributed by atoms with Gasteiger partial charge in [-0.05, 0) is 54.0 Å². The minimum absolute atomic E-state index is 0.0254. The first-order valence-corrected chi connectivity index (χ1v) is 13.3. The van der Waals surface area contributed by atoms with Crippen molar-refractivity contribution in [3.05, 3.63) is 65.5 Å². The Balaban J connectivity index is 1.97. The summed E-state index contributed by atoms with van der Waals surface area (Å²) in [6, 6.07) is 11.3. The van der Waals surface area contributed by atoms with E-state index in [4.69, 9.17) is 0 Å². The molecule has 1 aromatic heterocycles. The molecule has 0 unspecified atom stereocenters. The number of carbonyl (C=O) groups is 4. The van der Waals surface area contributed by atoms with E-state index in [2.05, 4.69) is 25.8 Å². The summed E-state index contributed by atoms with van der Waals surface area (Å²) >= 11 is 0. The molecule has 0 bridgehead atoms. The van der Waals surface area contributed by atoms with Gasteiger partial charge in [0.2, 0.25) is 11.8 Å². The van der Waals surface area contributed by atoms with Gasteiger partial charge in [-0.3, -0.25) is 24.3 Å². The van der Waals surface area contributed by atoms with Crippen molar-refractivity contribution in [3.8, 4) is 0 Å². The smallest absolute Gasteiger partial charge is 0.330 e. The molecule has 8 heteroatoms. The fourth-order valence-electron chi connectivity index (χ4n) is 6.17. The summed E-state index contributed by atoms with van der Waals surface area (Å²) in [4.78, 5) is 62.2. The second-order valence-corrected chi connectivity index (χ2v) is 11.9. The molecule has 2 aliphatic rings. The highest BCUT2D eigenvalue weighted by molar-refractivity contribution is 6.11. The fourth-order valence-corrected chi connectivity index (χ4v) is 6.17. The molecule has 2 saturated heterocycles. The number of nitrogens with zero attached hydrogens (tertiary/aromatic N) is 3. The van der Waals surface area contributed by atoms with E-state index in [1.165, 1.54) is 9.80 Å². The van der Waals surface area contributed by atoms with Gasteiger partial charge in [-0.15, -0.1) is 0 Å². The van der Waals surface area contributed by atoms with Crippen molar-refractivity contribution in [2.45, 2.75) is 71.4 Å². The highest BCUT2D eigenvalue weighted by Crippen LogP contribution is 2.57. The number of benzene rings is 1. The van der Waals surface area contributed by atoms with Crippen LogP contribution < -0.4 is 0 Å². The maximum absolute atomic E-state index is 14.3. The van der Waals surface area contributed by atoms with Crippen LogP contribution in [0.15, 0.2) is 48.7 Å². The average Bonchev–Trinajstić information content (AvgIpc) is 3.30. The lowest BCUT2D eigenvalue weighted by Crippen LogP contribution is -2.60. The summed E-state index contributed by atoms with van der Waals surface area (Å²) in [5, 5.41) is 10.9. The summed E-state index contributed by atoms with van der Waals surface area (Å²) in [6.07, 6.45) is 2.13. The van der Waals surface area contributed by atoms with E-state index in [0.29, 0.717) is 17.7 Å². The van der Waals surface area contributed by atoms with E-state index < -0.39 is 47.1 Å². The van der Waals surface area contributed by atoms with E-state index >= 15 is 0 Å². The Hall–Kier alpha value is -3.55. The number of carboxylic acid groups (broad SMARTS) is 1. The average molecular weight is 520 g/mol. The van der Waals surface area contributed by atoms with Gasteiger partial charge in [0, 0.05) is 18.3 Å². The summed E-state index contributed by atoms with van der Waals surface area (Å²) in [5.74, 6) is -5.17. The zero-order valence-corrected chi connectivity index (χ0v) is 23.0. The Labute approximate surface area is 224 Å². The molecule has 1 aromatic carbocycles. The number of rotatable bonds is 7. The molecule has 38 heavy (non-hydrogen) atoms. The third kappa shape index (κ3) is 4.29. The highest BCUT2D eigenvalue weighted by Gasteiger charge is 2.73. The van der Waals surface area contributed by atoms with Crippen molar-refractivity contribution in [2.75, 3.05) is 6.54 Å². The van der Waals surface area contributed by atoms with E-state index in [1.54, 1.807) is 36.5 Å². The molecule has 2 aliphatic heterocycles. The fraction of sp³-hybridized carbons (Fsp3) is 0.500. The number of aliphatic carboxylic acids is 1. The second-order valence-electron chi connectivity index (χ2n) is 11.9. The first-order valence-electron chi connectivity index (χ1n) is 13.3. The molecule has 202 valence electrons. The van der Waals surface area contributed by atoms with Crippen LogP contribution >= 0.6 is 0 Å². The molecule has 3 heterocycles. The molecule has 0 spiro atoms. The number of amides is 3. The molecule has 2 fully saturated rings. The number of aromatic nitrogens is 1. The molecule has 4 rings (SSSR count). The minimum atomic E-state index is -1.91. The number of imide groups is 1. The van der Waals surface area contributed by atoms with Crippen LogP contribution in [0.25, 0.3) is 0 Å². The maximum Gasteiger partial charge on any atom is 0.330 e. The Morgan fingerprint density at radius 2 is 1.71 bits per heavy atom. The molecular formula is C30H37N3O5. The molecule has 0 aliphatic carbocycles. The summed E-state index contributed by atoms with van der Waals surface area (Å²) in [7, 11) is 0. The van der Waals surface area contributed by atoms with Crippen molar-refractivity contribution < 1.29 is 24.3 Å². The zero-order valence-electron chi connectivity index (χ0n) is 23.0. The number of carbonyl (C=O) groups excluding carboxylic acids is 3. The number of fused-ring (bicyclic) bond motifs is 1. The Morgan fingerprint density at radius 3 is 2.21 bits per heavy atom. The SMILES string of the molecule is CCCN1C(=O)[C@H]2[C@@H](C1=O)[C@@](CC(C)C)(C(=O)O)N(C(=O)c1ccc(C(C)(C)C)cc1)[C@H]2c1ccccn1. The van der Waals surface area contributed by atoms with Crippen LogP contribution in [0.2, 0.25) is 0 Å². The maximum atomic E-state index is 14.3. The number of hydrogen-bond acceptors (Lipinski definition) is 5. The molecule has 0 radical (unpaired) electrons. The topological polar surface area (TPSA) is 108 Å². The third-order valence-corrected chi connectivity index (χ3v) is 7.75. The van der Waals surface area contributed by atoms with Crippen LogP contribution in [0.1, 0.15) is 82.0 Å². The van der Waals surface area contributed by atoms with Crippen LogP contribution in [0.5, 0.6) is 0 Å². The number of likely N-dealkylation sites (tertiary alicyclic amines) is 2. The normalized spacial score (nSPS) is 25.3. The van der Waals surface area contributed by atoms with Gasteiger partial charge in [0.15, 0.2) is 5.54 Å². The van der Waals surface area contributed by atoms with E-state index in [1.807, 2.05) is 32.9 Å². The lowest BCUT2D eigenvalue weighted by Gasteiger charge is -2.41. The predicted octanol–water partition coefficient (Wildman–Crippen LogP) is 4.46. The molecule has 1 N–H and O–H groups in total. The first-order chi connectivity index (χ1) is 17.9. The van der Waals surface area contributed by atoms with Gasteiger partial charge in [0.25, 0.3) is 5.91 Å². The second kappa shape index (κ2) is 9.97. The zero-order chi connectivity index (χ0) is 28.0. The van der Waals surface area contributed by atoms with Gasteiger partial charge in [-0.1, -0.05) is 59.7 Å². The molecule has 3 amide bonds. The Bertz CT molecular complexity index is 1230. The summed E-state index contributed by atoms with van der Waals surface area (Å²) in [6.45, 7) is 12.0. The van der Waals surface area contributed by atoms with Gasteiger partial charge < -0.3 is 10.0 Å². The molecule has 0 saturated carbocycles. The van der Waals surface area contributed by atoms with Gasteiger partial charge >= 0.3 is 5.97 Å². The van der Waals surface area contributed by atoms with Crippen molar-refractivity contribution in [2.24, 2.45) is 17.8 Å². The van der Waals surface area contributed by atoms with E-state index in [-0.39, 0.29) is 24.3 Å². The number of hydrogen-bond donors (Lipinski definition) is 1. The van der Waals surface area contributed by atoms with Crippen molar-refractivity contribution in [1.29, 1.82) is 0 Å². The Morgan fingerprint density at radius 1 is 1.05 bits per heavy atom. The van der Waals surface area contributed by atoms with Gasteiger partial charge in [0.05, 0.1) is 23.6 Å². The number of carboxylic acids is 1. The lowest BCUT2D eigenvalue weighted by atomic mass is 9.75. The molecule has 8 nitrogen and oxygen atoms in total. The van der Waals surface area contributed by atoms with Crippen LogP contribution in [0, 0.1) is 17.8 Å².